The molecule has 0 saturated heterocycles. The summed E-state index contributed by atoms with van der Waals surface area (Å²) >= 11 is 5.85. The predicted molar refractivity (Wildman–Crippen MR) is 88.3 cm³/mol. The number of nitrogens with one attached hydrogen (secondary N) is 3. The Morgan fingerprint density at radius 1 is 1.32 bits per heavy atom. The number of hydrogen-bond acceptors (Lipinski definition) is 3. The summed E-state index contributed by atoms with van der Waals surface area (Å²) in [4.78, 5) is 4.17. The highest BCUT2D eigenvalue weighted by molar-refractivity contribution is 6.30. The summed E-state index contributed by atoms with van der Waals surface area (Å²) in [5.74, 6) is 1.50. The van der Waals surface area contributed by atoms with Gasteiger partial charge < -0.3 is 15.4 Å². The van der Waals surface area contributed by atoms with E-state index in [9.17, 15) is 0 Å². The smallest absolute Gasteiger partial charge is 0.191 e. The molecule has 22 heavy (non-hydrogen) atoms. The third kappa shape index (κ3) is 5.29. The van der Waals surface area contributed by atoms with Crippen molar-refractivity contribution >= 4 is 17.6 Å². The Morgan fingerprint density at radius 3 is 2.73 bits per heavy atom. The summed E-state index contributed by atoms with van der Waals surface area (Å²) < 4.78 is 5.79. The largest absolute Gasteiger partial charge is 0.489 e. The molecular formula is C15H20ClN5O. The number of aromatic nitrogens is 2. The van der Waals surface area contributed by atoms with E-state index in [1.54, 1.807) is 13.2 Å². The maximum Gasteiger partial charge on any atom is 0.191 e. The molecule has 2 rings (SSSR count). The van der Waals surface area contributed by atoms with Gasteiger partial charge in [-0.05, 0) is 37.3 Å². The molecule has 1 unspecified atom stereocenters. The van der Waals surface area contributed by atoms with Crippen LogP contribution in [-0.2, 0) is 6.54 Å². The van der Waals surface area contributed by atoms with E-state index < -0.39 is 0 Å². The lowest BCUT2D eigenvalue weighted by molar-refractivity contribution is 0.224. The van der Waals surface area contributed by atoms with Gasteiger partial charge in [0.15, 0.2) is 5.96 Å². The topological polar surface area (TPSA) is 74.3 Å². The molecule has 1 atom stereocenters. The minimum absolute atomic E-state index is 0.00752. The molecule has 2 aromatic rings. The quantitative estimate of drug-likeness (QED) is 0.563. The van der Waals surface area contributed by atoms with Gasteiger partial charge in [0.2, 0.25) is 0 Å². The standard InChI is InChI=1S/C15H20ClN5O/c1-11(22-14-5-3-12(16)4-6-14)9-18-15(17-2)19-10-13-7-8-20-21-13/h3-8,11H,9-10H2,1-2H3,(H,20,21)(H2,17,18,19). The van der Waals surface area contributed by atoms with Crippen LogP contribution in [-0.4, -0.2) is 35.9 Å². The van der Waals surface area contributed by atoms with Gasteiger partial charge in [-0.2, -0.15) is 5.10 Å². The molecule has 1 heterocycles. The molecular weight excluding hydrogens is 302 g/mol. The molecule has 0 amide bonds. The highest BCUT2D eigenvalue weighted by atomic mass is 35.5. The van der Waals surface area contributed by atoms with Crippen LogP contribution in [0.2, 0.25) is 5.02 Å². The lowest BCUT2D eigenvalue weighted by Gasteiger charge is -2.17. The number of aromatic amines is 1. The zero-order valence-electron chi connectivity index (χ0n) is 12.6. The van der Waals surface area contributed by atoms with Crippen molar-refractivity contribution in [3.05, 3.63) is 47.2 Å². The molecule has 3 N–H and O–H groups in total. The number of ether oxygens (including phenoxy) is 1. The van der Waals surface area contributed by atoms with E-state index in [0.717, 1.165) is 11.4 Å². The average molecular weight is 322 g/mol. The molecule has 0 aliphatic heterocycles. The number of rotatable bonds is 6. The normalized spacial score (nSPS) is 12.8. The van der Waals surface area contributed by atoms with Crippen molar-refractivity contribution in [2.45, 2.75) is 19.6 Å². The maximum absolute atomic E-state index is 5.85. The molecule has 0 saturated carbocycles. The third-order valence-electron chi connectivity index (χ3n) is 2.94. The first-order chi connectivity index (χ1) is 10.7. The van der Waals surface area contributed by atoms with E-state index in [1.165, 1.54) is 0 Å². The Labute approximate surface area is 134 Å². The molecule has 7 heteroatoms. The van der Waals surface area contributed by atoms with Gasteiger partial charge in [0, 0.05) is 18.3 Å². The first-order valence-corrected chi connectivity index (χ1v) is 7.40. The summed E-state index contributed by atoms with van der Waals surface area (Å²) in [5, 5.41) is 13.9. The fourth-order valence-electron chi connectivity index (χ4n) is 1.81. The van der Waals surface area contributed by atoms with E-state index in [4.69, 9.17) is 16.3 Å². The van der Waals surface area contributed by atoms with E-state index in [-0.39, 0.29) is 6.10 Å². The fourth-order valence-corrected chi connectivity index (χ4v) is 1.94. The van der Waals surface area contributed by atoms with Gasteiger partial charge in [0.05, 0.1) is 18.8 Å². The lowest BCUT2D eigenvalue weighted by atomic mass is 10.3. The number of H-pyrrole nitrogens is 1. The molecule has 0 spiro atoms. The first-order valence-electron chi connectivity index (χ1n) is 7.02. The van der Waals surface area contributed by atoms with Crippen molar-refractivity contribution in [2.24, 2.45) is 4.99 Å². The second kappa shape index (κ2) is 8.29. The van der Waals surface area contributed by atoms with Crippen molar-refractivity contribution in [3.63, 3.8) is 0 Å². The summed E-state index contributed by atoms with van der Waals surface area (Å²) in [5.41, 5.74) is 0.994. The Morgan fingerprint density at radius 2 is 2.09 bits per heavy atom. The van der Waals surface area contributed by atoms with Crippen LogP contribution in [0, 0.1) is 0 Å². The minimum atomic E-state index is -0.00752. The van der Waals surface area contributed by atoms with Gasteiger partial charge in [-0.3, -0.25) is 10.1 Å². The molecule has 0 aliphatic carbocycles. The molecule has 1 aromatic carbocycles. The highest BCUT2D eigenvalue weighted by Gasteiger charge is 2.06. The molecule has 0 radical (unpaired) electrons. The van der Waals surface area contributed by atoms with Gasteiger partial charge in [0.25, 0.3) is 0 Å². The van der Waals surface area contributed by atoms with E-state index in [2.05, 4.69) is 25.8 Å². The number of aliphatic imine (C=N–C) groups is 1. The van der Waals surface area contributed by atoms with Crippen LogP contribution < -0.4 is 15.4 Å². The Hall–Kier alpha value is -2.21. The van der Waals surface area contributed by atoms with Crippen LogP contribution in [0.25, 0.3) is 0 Å². The summed E-state index contributed by atoms with van der Waals surface area (Å²) in [6.07, 6.45) is 1.71. The summed E-state index contributed by atoms with van der Waals surface area (Å²) in [6, 6.07) is 9.23. The Kier molecular flexibility index (Phi) is 6.09. The molecule has 0 fully saturated rings. The van der Waals surface area contributed by atoms with Gasteiger partial charge in [-0.15, -0.1) is 0 Å². The average Bonchev–Trinajstić information content (AvgIpc) is 3.03. The van der Waals surface area contributed by atoms with E-state index in [0.29, 0.717) is 24.1 Å². The monoisotopic (exact) mass is 321 g/mol. The number of benzene rings is 1. The number of guanidine groups is 1. The second-order valence-electron chi connectivity index (χ2n) is 4.77. The maximum atomic E-state index is 5.85. The van der Waals surface area contributed by atoms with Crippen molar-refractivity contribution in [2.75, 3.05) is 13.6 Å². The minimum Gasteiger partial charge on any atom is -0.489 e. The SMILES string of the molecule is CN=C(NCc1ccn[nH]1)NCC(C)Oc1ccc(Cl)cc1. The highest BCUT2D eigenvalue weighted by Crippen LogP contribution is 2.16. The van der Waals surface area contributed by atoms with Gasteiger partial charge in [-0.25, -0.2) is 0 Å². The van der Waals surface area contributed by atoms with Gasteiger partial charge in [-0.1, -0.05) is 11.6 Å². The molecule has 0 aliphatic rings. The zero-order chi connectivity index (χ0) is 15.8. The van der Waals surface area contributed by atoms with Crippen LogP contribution in [0.15, 0.2) is 41.5 Å². The zero-order valence-corrected chi connectivity index (χ0v) is 13.4. The van der Waals surface area contributed by atoms with Crippen LogP contribution >= 0.6 is 11.6 Å². The number of halogens is 1. The molecule has 0 bridgehead atoms. The fraction of sp³-hybridized carbons (Fsp3) is 0.333. The van der Waals surface area contributed by atoms with Gasteiger partial charge >= 0.3 is 0 Å². The van der Waals surface area contributed by atoms with Crippen LogP contribution in [0.3, 0.4) is 0 Å². The lowest BCUT2D eigenvalue weighted by Crippen LogP contribution is -2.41. The van der Waals surface area contributed by atoms with Crippen molar-refractivity contribution in [1.29, 1.82) is 0 Å². The summed E-state index contributed by atoms with van der Waals surface area (Å²) in [7, 11) is 1.73. The molecule has 118 valence electrons. The Balaban J connectivity index is 1.73. The predicted octanol–water partition coefficient (Wildman–Crippen LogP) is 2.20. The van der Waals surface area contributed by atoms with Crippen LogP contribution in [0.5, 0.6) is 5.75 Å². The molecule has 1 aromatic heterocycles. The van der Waals surface area contributed by atoms with Crippen molar-refractivity contribution in [3.8, 4) is 5.75 Å². The Bertz CT molecular complexity index is 582. The number of hydrogen-bond donors (Lipinski definition) is 3. The first kappa shape index (κ1) is 16.2. The van der Waals surface area contributed by atoms with Crippen molar-refractivity contribution in [1.82, 2.24) is 20.8 Å². The van der Waals surface area contributed by atoms with Crippen LogP contribution in [0.1, 0.15) is 12.6 Å². The van der Waals surface area contributed by atoms with E-state index in [1.807, 2.05) is 37.3 Å². The van der Waals surface area contributed by atoms with Crippen molar-refractivity contribution < 1.29 is 4.74 Å². The molecule has 6 nitrogen and oxygen atoms in total. The summed E-state index contributed by atoms with van der Waals surface area (Å²) in [6.45, 7) is 3.25. The van der Waals surface area contributed by atoms with Crippen LogP contribution in [0.4, 0.5) is 0 Å². The third-order valence-corrected chi connectivity index (χ3v) is 3.19. The van der Waals surface area contributed by atoms with E-state index >= 15 is 0 Å². The number of nitrogens with zero attached hydrogens (tertiary/aromatic N) is 2. The van der Waals surface area contributed by atoms with Gasteiger partial charge in [0.1, 0.15) is 11.9 Å². The second-order valence-corrected chi connectivity index (χ2v) is 5.21.